The van der Waals surface area contributed by atoms with Crippen LogP contribution in [0.3, 0.4) is 0 Å². The topological polar surface area (TPSA) is 69.6 Å². The van der Waals surface area contributed by atoms with E-state index in [1.807, 2.05) is 13.8 Å². The number of aliphatic carboxylic acids is 1. The van der Waals surface area contributed by atoms with E-state index in [1.165, 1.54) is 0 Å². The van der Waals surface area contributed by atoms with Crippen molar-refractivity contribution >= 4 is 5.97 Å². The molecule has 0 aliphatic heterocycles. The van der Waals surface area contributed by atoms with Gasteiger partial charge in [0.2, 0.25) is 0 Å². The minimum atomic E-state index is -0.901. The van der Waals surface area contributed by atoms with Crippen molar-refractivity contribution in [2.75, 3.05) is 6.61 Å². The molecule has 0 rings (SSSR count). The van der Waals surface area contributed by atoms with Crippen LogP contribution in [0.1, 0.15) is 47.0 Å². The second-order valence-corrected chi connectivity index (χ2v) is 4.75. The molecular weight excluding hydrogens is 206 g/mol. The maximum Gasteiger partial charge on any atom is 0.323 e. The second-order valence-electron chi connectivity index (χ2n) is 4.75. The van der Waals surface area contributed by atoms with Gasteiger partial charge in [0.25, 0.3) is 0 Å². The van der Waals surface area contributed by atoms with Crippen molar-refractivity contribution in [2.45, 2.75) is 58.5 Å². The molecule has 96 valence electrons. The first kappa shape index (κ1) is 15.4. The summed E-state index contributed by atoms with van der Waals surface area (Å²) in [7, 11) is 0. The molecule has 0 aliphatic rings. The van der Waals surface area contributed by atoms with E-state index >= 15 is 0 Å². The summed E-state index contributed by atoms with van der Waals surface area (Å²) in [5.41, 5.74) is -0.901. The third-order valence-corrected chi connectivity index (χ3v) is 3.07. The van der Waals surface area contributed by atoms with Crippen LogP contribution >= 0.6 is 0 Å². The Labute approximate surface area is 98.1 Å². The molecule has 0 saturated carbocycles. The van der Waals surface area contributed by atoms with Gasteiger partial charge in [-0.25, -0.2) is 0 Å². The van der Waals surface area contributed by atoms with Crippen molar-refractivity contribution in [1.82, 2.24) is 5.32 Å². The molecule has 0 amide bonds. The smallest absolute Gasteiger partial charge is 0.323 e. The van der Waals surface area contributed by atoms with Gasteiger partial charge in [0, 0.05) is 6.04 Å². The number of hydrogen-bond acceptors (Lipinski definition) is 3. The van der Waals surface area contributed by atoms with Gasteiger partial charge >= 0.3 is 5.97 Å². The van der Waals surface area contributed by atoms with E-state index in [0.29, 0.717) is 18.8 Å². The molecule has 0 aromatic rings. The molecule has 0 spiro atoms. The second kappa shape index (κ2) is 6.86. The molecule has 1 atom stereocenters. The maximum absolute atomic E-state index is 11.3. The summed E-state index contributed by atoms with van der Waals surface area (Å²) in [5.74, 6) is -0.399. The maximum atomic E-state index is 11.3. The normalized spacial score (nSPS) is 14.1. The number of carbonyl (C=O) groups is 1. The molecule has 1 unspecified atom stereocenters. The summed E-state index contributed by atoms with van der Waals surface area (Å²) >= 11 is 0. The minimum Gasteiger partial charge on any atom is -0.480 e. The van der Waals surface area contributed by atoms with E-state index in [2.05, 4.69) is 19.2 Å². The Morgan fingerprint density at radius 1 is 1.31 bits per heavy atom. The summed E-state index contributed by atoms with van der Waals surface area (Å²) in [6, 6.07) is -0.143. The molecule has 0 radical (unpaired) electrons. The standard InChI is InChI=1S/C12H25NO3/c1-5-12(6-2,11(15)16)13-10(8-14)7-9(3)4/h9-10,13-14H,5-8H2,1-4H3,(H,15,16). The molecule has 0 aromatic heterocycles. The van der Waals surface area contributed by atoms with Crippen LogP contribution in [-0.2, 0) is 4.79 Å². The third-order valence-electron chi connectivity index (χ3n) is 3.07. The molecule has 0 aliphatic carbocycles. The SMILES string of the molecule is CCC(CC)(NC(CO)CC(C)C)C(=O)O. The number of carboxylic acid groups (broad SMARTS) is 1. The van der Waals surface area contributed by atoms with Crippen LogP contribution < -0.4 is 5.32 Å². The molecule has 16 heavy (non-hydrogen) atoms. The van der Waals surface area contributed by atoms with Crippen LogP contribution in [0.25, 0.3) is 0 Å². The zero-order chi connectivity index (χ0) is 12.8. The number of rotatable bonds is 8. The molecular formula is C12H25NO3. The van der Waals surface area contributed by atoms with Crippen molar-refractivity contribution in [3.05, 3.63) is 0 Å². The molecule has 3 N–H and O–H groups in total. The lowest BCUT2D eigenvalue weighted by atomic mass is 9.90. The Kier molecular flexibility index (Phi) is 6.60. The summed E-state index contributed by atoms with van der Waals surface area (Å²) in [4.78, 5) is 11.3. The molecule has 0 saturated heterocycles. The fourth-order valence-corrected chi connectivity index (χ4v) is 1.96. The van der Waals surface area contributed by atoms with E-state index < -0.39 is 11.5 Å². The lowest BCUT2D eigenvalue weighted by Gasteiger charge is -2.33. The Morgan fingerprint density at radius 2 is 1.81 bits per heavy atom. The van der Waals surface area contributed by atoms with Crippen molar-refractivity contribution in [3.8, 4) is 0 Å². The Morgan fingerprint density at radius 3 is 2.06 bits per heavy atom. The van der Waals surface area contributed by atoms with E-state index in [1.54, 1.807) is 0 Å². The molecule has 4 heteroatoms. The number of hydrogen-bond donors (Lipinski definition) is 3. The number of nitrogens with one attached hydrogen (secondary N) is 1. The van der Waals surface area contributed by atoms with Gasteiger partial charge < -0.3 is 10.2 Å². The number of aliphatic hydroxyl groups excluding tert-OH is 1. The number of carboxylic acids is 1. The summed E-state index contributed by atoms with van der Waals surface area (Å²) in [5, 5.41) is 21.6. The van der Waals surface area contributed by atoms with E-state index in [9.17, 15) is 15.0 Å². The first-order valence-electron chi connectivity index (χ1n) is 6.03. The quantitative estimate of drug-likeness (QED) is 0.594. The van der Waals surface area contributed by atoms with Crippen LogP contribution in [0.15, 0.2) is 0 Å². The highest BCUT2D eigenvalue weighted by Crippen LogP contribution is 2.18. The van der Waals surface area contributed by atoms with Crippen molar-refractivity contribution < 1.29 is 15.0 Å². The highest BCUT2D eigenvalue weighted by atomic mass is 16.4. The lowest BCUT2D eigenvalue weighted by Crippen LogP contribution is -2.56. The first-order valence-corrected chi connectivity index (χ1v) is 6.03. The van der Waals surface area contributed by atoms with Crippen molar-refractivity contribution in [2.24, 2.45) is 5.92 Å². The lowest BCUT2D eigenvalue weighted by molar-refractivity contribution is -0.145. The van der Waals surface area contributed by atoms with E-state index in [4.69, 9.17) is 0 Å². The van der Waals surface area contributed by atoms with Gasteiger partial charge in [-0.1, -0.05) is 27.7 Å². The third kappa shape index (κ3) is 4.10. The predicted octanol–water partition coefficient (Wildman–Crippen LogP) is 1.63. The summed E-state index contributed by atoms with van der Waals surface area (Å²) in [6.07, 6.45) is 1.83. The Balaban J connectivity index is 4.64. The Hall–Kier alpha value is -0.610. The average Bonchev–Trinajstić information content (AvgIpc) is 2.23. The first-order chi connectivity index (χ1) is 7.41. The molecule has 0 heterocycles. The van der Waals surface area contributed by atoms with Gasteiger partial charge in [0.05, 0.1) is 6.61 Å². The van der Waals surface area contributed by atoms with Gasteiger partial charge in [-0.2, -0.15) is 0 Å². The molecule has 0 aromatic carbocycles. The van der Waals surface area contributed by atoms with E-state index in [0.717, 1.165) is 6.42 Å². The van der Waals surface area contributed by atoms with Crippen molar-refractivity contribution in [1.29, 1.82) is 0 Å². The zero-order valence-electron chi connectivity index (χ0n) is 10.8. The zero-order valence-corrected chi connectivity index (χ0v) is 10.8. The largest absolute Gasteiger partial charge is 0.480 e. The van der Waals surface area contributed by atoms with Gasteiger partial charge in [-0.3, -0.25) is 10.1 Å². The minimum absolute atomic E-state index is 0.0206. The summed E-state index contributed by atoms with van der Waals surface area (Å²) < 4.78 is 0. The van der Waals surface area contributed by atoms with Crippen molar-refractivity contribution in [3.63, 3.8) is 0 Å². The molecule has 4 nitrogen and oxygen atoms in total. The van der Waals surface area contributed by atoms with Crippen LogP contribution in [0.5, 0.6) is 0 Å². The summed E-state index contributed by atoms with van der Waals surface area (Å²) in [6.45, 7) is 7.81. The van der Waals surface area contributed by atoms with Gasteiger partial charge in [0.15, 0.2) is 0 Å². The van der Waals surface area contributed by atoms with Crippen LogP contribution in [0.2, 0.25) is 0 Å². The fourth-order valence-electron chi connectivity index (χ4n) is 1.96. The average molecular weight is 231 g/mol. The van der Waals surface area contributed by atoms with Gasteiger partial charge in [0.1, 0.15) is 5.54 Å². The Bertz CT molecular complexity index is 212. The molecule has 0 fully saturated rings. The van der Waals surface area contributed by atoms with Gasteiger partial charge in [-0.15, -0.1) is 0 Å². The molecule has 0 bridgehead atoms. The van der Waals surface area contributed by atoms with Crippen LogP contribution in [0, 0.1) is 5.92 Å². The van der Waals surface area contributed by atoms with E-state index in [-0.39, 0.29) is 12.6 Å². The van der Waals surface area contributed by atoms with Crippen LogP contribution in [-0.4, -0.2) is 34.4 Å². The fraction of sp³-hybridized carbons (Fsp3) is 0.917. The highest BCUT2D eigenvalue weighted by Gasteiger charge is 2.36. The van der Waals surface area contributed by atoms with Crippen LogP contribution in [0.4, 0.5) is 0 Å². The number of aliphatic hydroxyl groups is 1. The predicted molar refractivity (Wildman–Crippen MR) is 64.4 cm³/mol. The monoisotopic (exact) mass is 231 g/mol. The van der Waals surface area contributed by atoms with Gasteiger partial charge in [-0.05, 0) is 25.2 Å². The highest BCUT2D eigenvalue weighted by molar-refractivity contribution is 5.78.